The maximum absolute atomic E-state index is 12.2. The van der Waals surface area contributed by atoms with Crippen LogP contribution in [0.4, 0.5) is 0 Å². The largest absolute Gasteiger partial charge is 0.383 e. The third-order valence-electron chi connectivity index (χ3n) is 3.04. The number of hydrogen-bond acceptors (Lipinski definition) is 4. The molecule has 1 aliphatic carbocycles. The quantitative estimate of drug-likeness (QED) is 0.656. The zero-order valence-corrected chi connectivity index (χ0v) is 11.8. The van der Waals surface area contributed by atoms with Gasteiger partial charge in [-0.1, -0.05) is 6.92 Å². The molecule has 0 heterocycles. The summed E-state index contributed by atoms with van der Waals surface area (Å²) in [4.78, 5) is 0. The van der Waals surface area contributed by atoms with Gasteiger partial charge in [-0.3, -0.25) is 0 Å². The molecule has 102 valence electrons. The Bertz CT molecular complexity index is 315. The van der Waals surface area contributed by atoms with Gasteiger partial charge in [0.1, 0.15) is 0 Å². The van der Waals surface area contributed by atoms with Gasteiger partial charge in [0.05, 0.1) is 11.9 Å². The van der Waals surface area contributed by atoms with Gasteiger partial charge < -0.3 is 10.1 Å². The normalized spacial score (nSPS) is 18.6. The van der Waals surface area contributed by atoms with Crippen molar-refractivity contribution >= 4 is 10.0 Å². The maximum atomic E-state index is 12.2. The maximum Gasteiger partial charge on any atom is 0.218 e. The van der Waals surface area contributed by atoms with Crippen molar-refractivity contribution in [2.45, 2.75) is 38.0 Å². The summed E-state index contributed by atoms with van der Waals surface area (Å²) < 4.78 is 30.9. The SMILES string of the molecule is CCN(CCOC)S(=O)(=O)C(C)CNC1CC1. The second-order valence-corrected chi connectivity index (χ2v) is 6.87. The van der Waals surface area contributed by atoms with Crippen LogP contribution in [0.5, 0.6) is 0 Å². The average Bonchev–Trinajstić information content (AvgIpc) is 3.10. The van der Waals surface area contributed by atoms with Gasteiger partial charge >= 0.3 is 0 Å². The number of rotatable bonds is 9. The Kier molecular flexibility index (Phi) is 5.85. The van der Waals surface area contributed by atoms with Gasteiger partial charge in [0.2, 0.25) is 10.0 Å². The lowest BCUT2D eigenvalue weighted by molar-refractivity contribution is 0.180. The van der Waals surface area contributed by atoms with Gasteiger partial charge in [-0.25, -0.2) is 8.42 Å². The van der Waals surface area contributed by atoms with E-state index in [2.05, 4.69) is 5.32 Å². The van der Waals surface area contributed by atoms with Crippen LogP contribution in [0.2, 0.25) is 0 Å². The van der Waals surface area contributed by atoms with E-state index in [9.17, 15) is 8.42 Å². The smallest absolute Gasteiger partial charge is 0.218 e. The monoisotopic (exact) mass is 264 g/mol. The van der Waals surface area contributed by atoms with Crippen LogP contribution in [0.3, 0.4) is 0 Å². The van der Waals surface area contributed by atoms with E-state index in [1.54, 1.807) is 14.0 Å². The Labute approximate surface area is 105 Å². The summed E-state index contributed by atoms with van der Waals surface area (Å²) in [5, 5.41) is 2.89. The van der Waals surface area contributed by atoms with Crippen molar-refractivity contribution in [1.29, 1.82) is 0 Å². The molecule has 6 heteroatoms. The van der Waals surface area contributed by atoms with Gasteiger partial charge in [0.25, 0.3) is 0 Å². The predicted octanol–water partition coefficient (Wildman–Crippen LogP) is 0.425. The zero-order chi connectivity index (χ0) is 12.9. The van der Waals surface area contributed by atoms with Crippen LogP contribution in [0, 0.1) is 0 Å². The number of ether oxygens (including phenoxy) is 1. The summed E-state index contributed by atoms with van der Waals surface area (Å²) in [5.74, 6) is 0. The molecule has 1 fully saturated rings. The summed E-state index contributed by atoms with van der Waals surface area (Å²) in [6, 6.07) is 0.543. The fourth-order valence-corrected chi connectivity index (χ4v) is 3.14. The molecular weight excluding hydrogens is 240 g/mol. The van der Waals surface area contributed by atoms with Crippen LogP contribution in [0.1, 0.15) is 26.7 Å². The highest BCUT2D eigenvalue weighted by molar-refractivity contribution is 7.89. The highest BCUT2D eigenvalue weighted by atomic mass is 32.2. The Morgan fingerprint density at radius 3 is 2.59 bits per heavy atom. The molecule has 0 aromatic carbocycles. The zero-order valence-electron chi connectivity index (χ0n) is 11.0. The van der Waals surface area contributed by atoms with Gasteiger partial charge in [0.15, 0.2) is 0 Å². The van der Waals surface area contributed by atoms with Crippen LogP contribution in [-0.2, 0) is 14.8 Å². The van der Waals surface area contributed by atoms with Gasteiger partial charge in [-0.2, -0.15) is 4.31 Å². The highest BCUT2D eigenvalue weighted by Crippen LogP contribution is 2.19. The number of sulfonamides is 1. The Balaban J connectivity index is 2.48. The number of nitrogens with zero attached hydrogens (tertiary/aromatic N) is 1. The lowest BCUT2D eigenvalue weighted by Crippen LogP contribution is -2.43. The third kappa shape index (κ3) is 4.54. The molecule has 17 heavy (non-hydrogen) atoms. The second-order valence-electron chi connectivity index (χ2n) is 4.52. The first-order valence-electron chi connectivity index (χ1n) is 6.23. The molecule has 0 aliphatic heterocycles. The molecule has 1 rings (SSSR count). The first kappa shape index (κ1) is 14.9. The van der Waals surface area contributed by atoms with Crippen LogP contribution in [-0.4, -0.2) is 57.4 Å². The Morgan fingerprint density at radius 2 is 2.12 bits per heavy atom. The van der Waals surface area contributed by atoms with Crippen molar-refractivity contribution in [3.05, 3.63) is 0 Å². The topological polar surface area (TPSA) is 58.6 Å². The van der Waals surface area contributed by atoms with Crippen molar-refractivity contribution < 1.29 is 13.2 Å². The predicted molar refractivity (Wildman–Crippen MR) is 68.5 cm³/mol. The molecule has 1 N–H and O–H groups in total. The molecule has 1 unspecified atom stereocenters. The van der Waals surface area contributed by atoms with E-state index in [1.807, 2.05) is 6.92 Å². The number of hydrogen-bond donors (Lipinski definition) is 1. The van der Waals surface area contributed by atoms with Crippen molar-refractivity contribution in [2.24, 2.45) is 0 Å². The van der Waals surface area contributed by atoms with Crippen molar-refractivity contribution in [3.8, 4) is 0 Å². The molecule has 5 nitrogen and oxygen atoms in total. The standard InChI is InChI=1S/C11H24N2O3S/c1-4-13(7-8-16-3)17(14,15)10(2)9-12-11-5-6-11/h10-12H,4-9H2,1-3H3. The summed E-state index contributed by atoms with van der Waals surface area (Å²) >= 11 is 0. The number of methoxy groups -OCH3 is 1. The molecule has 0 aromatic heterocycles. The van der Waals surface area contributed by atoms with E-state index in [-0.39, 0.29) is 5.25 Å². The van der Waals surface area contributed by atoms with Crippen molar-refractivity contribution in [3.63, 3.8) is 0 Å². The van der Waals surface area contributed by atoms with E-state index in [1.165, 1.54) is 17.1 Å². The van der Waals surface area contributed by atoms with E-state index in [0.29, 0.717) is 32.3 Å². The van der Waals surface area contributed by atoms with E-state index in [4.69, 9.17) is 4.74 Å². The van der Waals surface area contributed by atoms with Crippen LogP contribution in [0.25, 0.3) is 0 Å². The summed E-state index contributed by atoms with van der Waals surface area (Å²) in [6.07, 6.45) is 2.35. The molecule has 0 saturated heterocycles. The highest BCUT2D eigenvalue weighted by Gasteiger charge is 2.29. The van der Waals surface area contributed by atoms with Crippen molar-refractivity contribution in [2.75, 3.05) is 33.4 Å². The van der Waals surface area contributed by atoms with E-state index < -0.39 is 10.0 Å². The first-order chi connectivity index (χ1) is 8.02. The van der Waals surface area contributed by atoms with E-state index >= 15 is 0 Å². The molecule has 0 spiro atoms. The summed E-state index contributed by atoms with van der Waals surface area (Å²) in [6.45, 7) is 5.53. The molecule has 1 atom stereocenters. The minimum atomic E-state index is -3.20. The molecular formula is C11H24N2O3S. The van der Waals surface area contributed by atoms with Crippen LogP contribution >= 0.6 is 0 Å². The second kappa shape index (κ2) is 6.68. The number of likely N-dealkylation sites (N-methyl/N-ethyl adjacent to an activating group) is 1. The van der Waals surface area contributed by atoms with Gasteiger partial charge in [-0.05, 0) is 19.8 Å². The molecule has 0 bridgehead atoms. The minimum absolute atomic E-state index is 0.375. The van der Waals surface area contributed by atoms with E-state index in [0.717, 1.165) is 0 Å². The van der Waals surface area contributed by atoms with Crippen LogP contribution < -0.4 is 5.32 Å². The molecule has 0 aromatic rings. The van der Waals surface area contributed by atoms with Crippen molar-refractivity contribution in [1.82, 2.24) is 9.62 Å². The van der Waals surface area contributed by atoms with Gasteiger partial charge in [0, 0.05) is 32.8 Å². The molecule has 0 amide bonds. The lowest BCUT2D eigenvalue weighted by atomic mass is 10.4. The Hall–Kier alpha value is -0.170. The summed E-state index contributed by atoms with van der Waals surface area (Å²) in [7, 11) is -1.62. The Morgan fingerprint density at radius 1 is 1.47 bits per heavy atom. The summed E-state index contributed by atoms with van der Waals surface area (Å²) in [5.41, 5.74) is 0. The number of nitrogens with one attached hydrogen (secondary N) is 1. The molecule has 1 saturated carbocycles. The molecule has 0 radical (unpaired) electrons. The fourth-order valence-electron chi connectivity index (χ4n) is 1.64. The fraction of sp³-hybridized carbons (Fsp3) is 1.00. The minimum Gasteiger partial charge on any atom is -0.383 e. The average molecular weight is 264 g/mol. The van der Waals surface area contributed by atoms with Crippen LogP contribution in [0.15, 0.2) is 0 Å². The first-order valence-corrected chi connectivity index (χ1v) is 7.74. The lowest BCUT2D eigenvalue weighted by Gasteiger charge is -2.24. The molecule has 1 aliphatic rings. The third-order valence-corrected chi connectivity index (χ3v) is 5.38. The van der Waals surface area contributed by atoms with Gasteiger partial charge in [-0.15, -0.1) is 0 Å².